The fraction of sp³-hybridized carbons (Fsp3) is 0.176. The minimum Gasteiger partial charge on any atom is -0.451 e. The van der Waals surface area contributed by atoms with Crippen molar-refractivity contribution in [2.24, 2.45) is 5.11 Å². The summed E-state index contributed by atoms with van der Waals surface area (Å²) in [5.41, 5.74) is 10.6. The van der Waals surface area contributed by atoms with Crippen molar-refractivity contribution in [2.45, 2.75) is 20.0 Å². The van der Waals surface area contributed by atoms with Crippen molar-refractivity contribution in [3.05, 3.63) is 75.7 Å². The van der Waals surface area contributed by atoms with Crippen LogP contribution >= 0.6 is 0 Å². The van der Waals surface area contributed by atoms with Crippen LogP contribution in [0.2, 0.25) is 0 Å². The first-order chi connectivity index (χ1) is 11.0. The van der Waals surface area contributed by atoms with Gasteiger partial charge >= 0.3 is 5.97 Å². The van der Waals surface area contributed by atoms with Crippen molar-refractivity contribution in [1.29, 1.82) is 0 Å². The molecule has 6 heteroatoms. The van der Waals surface area contributed by atoms with E-state index in [-0.39, 0.29) is 11.3 Å². The third-order valence-corrected chi connectivity index (χ3v) is 3.25. The quantitative estimate of drug-likeness (QED) is 0.270. The molecule has 0 saturated heterocycles. The third kappa shape index (κ3) is 4.18. The number of ketones is 1. The van der Waals surface area contributed by atoms with E-state index in [2.05, 4.69) is 10.0 Å². The molecule has 1 unspecified atom stereocenters. The highest BCUT2D eigenvalue weighted by Crippen LogP contribution is 2.15. The molecule has 0 bridgehead atoms. The summed E-state index contributed by atoms with van der Waals surface area (Å²) in [6.45, 7) is 3.46. The largest absolute Gasteiger partial charge is 0.451 e. The maximum absolute atomic E-state index is 12.2. The number of ether oxygens (including phenoxy) is 1. The van der Waals surface area contributed by atoms with Gasteiger partial charge in [0.1, 0.15) is 0 Å². The SMILES string of the molecule is Cc1ccc(C(=O)C(C)OC(=O)c2ccc(N=[N+]=[N-])cc2)cc1. The molecule has 0 heterocycles. The number of esters is 1. The highest BCUT2D eigenvalue weighted by Gasteiger charge is 2.20. The molecular weight excluding hydrogens is 294 g/mol. The zero-order chi connectivity index (χ0) is 16.8. The zero-order valence-electron chi connectivity index (χ0n) is 12.8. The third-order valence-electron chi connectivity index (χ3n) is 3.25. The molecule has 0 spiro atoms. The summed E-state index contributed by atoms with van der Waals surface area (Å²) in [5.74, 6) is -0.866. The Hall–Kier alpha value is -3.11. The van der Waals surface area contributed by atoms with Crippen molar-refractivity contribution in [3.8, 4) is 0 Å². The van der Waals surface area contributed by atoms with Crippen molar-refractivity contribution in [1.82, 2.24) is 0 Å². The fourth-order valence-corrected chi connectivity index (χ4v) is 1.95. The van der Waals surface area contributed by atoms with Gasteiger partial charge in [-0.25, -0.2) is 4.79 Å². The number of rotatable bonds is 5. The first kappa shape index (κ1) is 16.3. The molecule has 2 aromatic carbocycles. The van der Waals surface area contributed by atoms with E-state index in [1.807, 2.05) is 19.1 Å². The summed E-state index contributed by atoms with van der Waals surface area (Å²) in [7, 11) is 0. The minimum atomic E-state index is -0.887. The summed E-state index contributed by atoms with van der Waals surface area (Å²) in [4.78, 5) is 26.9. The van der Waals surface area contributed by atoms with Crippen LogP contribution < -0.4 is 0 Å². The smallest absolute Gasteiger partial charge is 0.338 e. The molecule has 2 aromatic rings. The van der Waals surface area contributed by atoms with Crippen LogP contribution in [0.15, 0.2) is 53.6 Å². The average molecular weight is 309 g/mol. The number of hydrogen-bond donors (Lipinski definition) is 0. The molecule has 0 aliphatic heterocycles. The predicted molar refractivity (Wildman–Crippen MR) is 85.6 cm³/mol. The Kier molecular flexibility index (Phi) is 5.12. The molecule has 6 nitrogen and oxygen atoms in total. The Morgan fingerprint density at radius 2 is 1.61 bits per heavy atom. The lowest BCUT2D eigenvalue weighted by atomic mass is 10.1. The van der Waals surface area contributed by atoms with Crippen LogP contribution in [0.25, 0.3) is 10.4 Å². The number of nitrogens with zero attached hydrogens (tertiary/aromatic N) is 3. The van der Waals surface area contributed by atoms with Gasteiger partial charge in [-0.1, -0.05) is 47.1 Å². The second-order valence-corrected chi connectivity index (χ2v) is 5.01. The van der Waals surface area contributed by atoms with Crippen molar-refractivity contribution < 1.29 is 14.3 Å². The Morgan fingerprint density at radius 1 is 1.04 bits per heavy atom. The maximum atomic E-state index is 12.2. The van der Waals surface area contributed by atoms with Gasteiger partial charge in [0.25, 0.3) is 0 Å². The van der Waals surface area contributed by atoms with E-state index in [4.69, 9.17) is 10.3 Å². The number of aryl methyl sites for hydroxylation is 1. The molecule has 0 aliphatic rings. The van der Waals surface area contributed by atoms with E-state index < -0.39 is 12.1 Å². The summed E-state index contributed by atoms with van der Waals surface area (Å²) in [6.07, 6.45) is -0.887. The van der Waals surface area contributed by atoms with Gasteiger partial charge in [-0.05, 0) is 31.5 Å². The number of azide groups is 1. The van der Waals surface area contributed by atoms with Gasteiger partial charge in [-0.2, -0.15) is 0 Å². The van der Waals surface area contributed by atoms with Gasteiger partial charge in [0.15, 0.2) is 6.10 Å². The molecule has 2 rings (SSSR count). The number of Topliss-reactive ketones (excluding diaryl/α,β-unsaturated/α-hetero) is 1. The molecule has 23 heavy (non-hydrogen) atoms. The number of carbonyl (C=O) groups is 2. The Morgan fingerprint density at radius 3 is 2.17 bits per heavy atom. The van der Waals surface area contributed by atoms with E-state index in [1.54, 1.807) is 12.1 Å². The number of carbonyl (C=O) groups excluding carboxylic acids is 2. The first-order valence-electron chi connectivity index (χ1n) is 6.98. The van der Waals surface area contributed by atoms with E-state index in [0.29, 0.717) is 11.3 Å². The van der Waals surface area contributed by atoms with Crippen LogP contribution in [0.3, 0.4) is 0 Å². The predicted octanol–water partition coefficient (Wildman–Crippen LogP) is 4.37. The molecule has 0 aliphatic carbocycles. The Bertz CT molecular complexity index is 761. The molecular formula is C17H15N3O3. The maximum Gasteiger partial charge on any atom is 0.338 e. The van der Waals surface area contributed by atoms with Crippen LogP contribution in [-0.4, -0.2) is 17.9 Å². The van der Waals surface area contributed by atoms with Crippen molar-refractivity contribution >= 4 is 17.4 Å². The standard InChI is InChI=1S/C17H15N3O3/c1-11-3-5-13(6-4-11)16(21)12(2)23-17(22)14-7-9-15(10-8-14)19-20-18/h3-10,12H,1-2H3. The summed E-state index contributed by atoms with van der Waals surface area (Å²) in [6, 6.07) is 13.0. The van der Waals surface area contributed by atoms with Crippen LogP contribution in [0, 0.1) is 6.92 Å². The molecule has 0 aromatic heterocycles. The van der Waals surface area contributed by atoms with Crippen LogP contribution in [0.4, 0.5) is 5.69 Å². The summed E-state index contributed by atoms with van der Waals surface area (Å²) in [5, 5.41) is 3.42. The van der Waals surface area contributed by atoms with Gasteiger partial charge in [-0.15, -0.1) is 0 Å². The normalized spacial score (nSPS) is 11.2. The monoisotopic (exact) mass is 309 g/mol. The molecule has 116 valence electrons. The second-order valence-electron chi connectivity index (χ2n) is 5.01. The Labute approximate surface area is 133 Å². The number of benzene rings is 2. The molecule has 0 radical (unpaired) electrons. The molecule has 1 atom stereocenters. The van der Waals surface area contributed by atoms with E-state index in [1.165, 1.54) is 31.2 Å². The van der Waals surface area contributed by atoms with Crippen LogP contribution in [-0.2, 0) is 4.74 Å². The molecule has 0 saturated carbocycles. The van der Waals surface area contributed by atoms with E-state index in [9.17, 15) is 9.59 Å². The minimum absolute atomic E-state index is 0.260. The highest BCUT2D eigenvalue weighted by atomic mass is 16.5. The highest BCUT2D eigenvalue weighted by molar-refractivity contribution is 6.01. The lowest BCUT2D eigenvalue weighted by Crippen LogP contribution is -2.24. The Balaban J connectivity index is 2.05. The molecule has 0 N–H and O–H groups in total. The van der Waals surface area contributed by atoms with Crippen molar-refractivity contribution in [2.75, 3.05) is 0 Å². The summed E-state index contributed by atoms with van der Waals surface area (Å²) < 4.78 is 5.19. The van der Waals surface area contributed by atoms with Crippen LogP contribution in [0.1, 0.15) is 33.2 Å². The first-order valence-corrected chi connectivity index (χ1v) is 6.98. The number of hydrogen-bond acceptors (Lipinski definition) is 4. The van der Waals surface area contributed by atoms with E-state index in [0.717, 1.165) is 5.56 Å². The van der Waals surface area contributed by atoms with Gasteiger partial charge in [-0.3, -0.25) is 4.79 Å². The topological polar surface area (TPSA) is 92.1 Å². The van der Waals surface area contributed by atoms with Gasteiger partial charge < -0.3 is 4.74 Å². The summed E-state index contributed by atoms with van der Waals surface area (Å²) >= 11 is 0. The molecule has 0 fully saturated rings. The fourth-order valence-electron chi connectivity index (χ4n) is 1.95. The molecule has 0 amide bonds. The van der Waals surface area contributed by atoms with Crippen LogP contribution in [0.5, 0.6) is 0 Å². The second kappa shape index (κ2) is 7.24. The van der Waals surface area contributed by atoms with Gasteiger partial charge in [0.2, 0.25) is 5.78 Å². The van der Waals surface area contributed by atoms with Gasteiger partial charge in [0.05, 0.1) is 5.56 Å². The zero-order valence-corrected chi connectivity index (χ0v) is 12.8. The average Bonchev–Trinajstić information content (AvgIpc) is 2.55. The lowest BCUT2D eigenvalue weighted by molar-refractivity contribution is 0.0319. The van der Waals surface area contributed by atoms with Crippen molar-refractivity contribution in [3.63, 3.8) is 0 Å². The van der Waals surface area contributed by atoms with Gasteiger partial charge in [0, 0.05) is 16.2 Å². The van der Waals surface area contributed by atoms with E-state index >= 15 is 0 Å². The lowest BCUT2D eigenvalue weighted by Gasteiger charge is -2.12.